The number of fused-ring (bicyclic) bond motifs is 1. The van der Waals surface area contributed by atoms with Crippen molar-refractivity contribution in [2.45, 2.75) is 30.5 Å². The van der Waals surface area contributed by atoms with E-state index in [2.05, 4.69) is 25.6 Å². The molecule has 1 unspecified atom stereocenters. The Morgan fingerprint density at radius 1 is 1.52 bits per heavy atom. The van der Waals surface area contributed by atoms with Crippen LogP contribution in [0.4, 0.5) is 5.82 Å². The van der Waals surface area contributed by atoms with Crippen LogP contribution in [0.2, 0.25) is 0 Å². The fourth-order valence-corrected chi connectivity index (χ4v) is 2.52. The highest BCUT2D eigenvalue weighted by molar-refractivity contribution is 5.99. The van der Waals surface area contributed by atoms with Crippen molar-refractivity contribution in [3.63, 3.8) is 0 Å². The van der Waals surface area contributed by atoms with Crippen LogP contribution in [0.15, 0.2) is 11.4 Å². The predicted octanol–water partition coefficient (Wildman–Crippen LogP) is -2.47. The van der Waals surface area contributed by atoms with Gasteiger partial charge in [0.05, 0.1) is 12.9 Å². The maximum Gasteiger partial charge on any atom is 0.276 e. The van der Waals surface area contributed by atoms with Crippen LogP contribution in [0.3, 0.4) is 0 Å². The summed E-state index contributed by atoms with van der Waals surface area (Å²) < 4.78 is 6.59. The fourth-order valence-electron chi connectivity index (χ4n) is 2.52. The second-order valence-corrected chi connectivity index (χ2v) is 5.11. The van der Waals surface area contributed by atoms with Gasteiger partial charge in [-0.2, -0.15) is 0 Å². The fraction of sp³-hybridized carbons (Fsp3) is 0.600. The van der Waals surface area contributed by atoms with Crippen LogP contribution in [0.1, 0.15) is 16.7 Å². The van der Waals surface area contributed by atoms with Crippen molar-refractivity contribution in [3.8, 4) is 0 Å². The van der Waals surface area contributed by atoms with E-state index in [9.17, 15) is 15.0 Å². The monoisotopic (exact) mass is 326 g/mol. The highest BCUT2D eigenvalue weighted by Gasteiger charge is 2.46. The van der Waals surface area contributed by atoms with Crippen LogP contribution in [-0.2, 0) is 4.74 Å². The number of carbonyl (C=O) groups excluding carboxylic acids is 1. The standard InChI is InChI=1S/C10H14N8O5/c11-10(16-17-12)14-7-4(8(22)15-10)13-2-18(7)9-6(21)5(20)3(1-19)23-9/h2-3,5-6,9,14,19-21H,1,11H2,(H,15,22)/t3-,5-,6-,9-,10?/m1/s1. The summed E-state index contributed by atoms with van der Waals surface area (Å²) in [5, 5.41) is 37.1. The van der Waals surface area contributed by atoms with Crippen LogP contribution in [0.25, 0.3) is 10.4 Å². The summed E-state index contributed by atoms with van der Waals surface area (Å²) in [5.74, 6) is -2.58. The van der Waals surface area contributed by atoms with Gasteiger partial charge in [-0.15, -0.1) is 0 Å². The molecule has 3 rings (SSSR count). The molecule has 1 saturated heterocycles. The van der Waals surface area contributed by atoms with E-state index in [0.717, 1.165) is 0 Å². The first-order valence-corrected chi connectivity index (χ1v) is 6.55. The molecule has 1 aromatic heterocycles. The molecule has 2 aliphatic heterocycles. The maximum absolute atomic E-state index is 12.0. The van der Waals surface area contributed by atoms with Gasteiger partial charge in [0.2, 0.25) is 5.91 Å². The number of hydrogen-bond acceptors (Lipinski definition) is 9. The molecule has 0 spiro atoms. The van der Waals surface area contributed by atoms with Gasteiger partial charge >= 0.3 is 0 Å². The van der Waals surface area contributed by atoms with Gasteiger partial charge in [0, 0.05) is 4.91 Å². The Labute approximate surface area is 128 Å². The first-order valence-electron chi connectivity index (χ1n) is 6.55. The highest BCUT2D eigenvalue weighted by atomic mass is 16.6. The summed E-state index contributed by atoms with van der Waals surface area (Å²) >= 11 is 0. The molecule has 5 atom stereocenters. The van der Waals surface area contributed by atoms with Crippen LogP contribution in [-0.4, -0.2) is 61.6 Å². The second-order valence-electron chi connectivity index (χ2n) is 5.11. The Morgan fingerprint density at radius 3 is 2.87 bits per heavy atom. The molecule has 0 radical (unpaired) electrons. The van der Waals surface area contributed by atoms with E-state index >= 15 is 0 Å². The van der Waals surface area contributed by atoms with Crippen LogP contribution in [0, 0.1) is 0 Å². The number of nitrogens with one attached hydrogen (secondary N) is 2. The minimum Gasteiger partial charge on any atom is -0.394 e. The van der Waals surface area contributed by atoms with E-state index in [1.165, 1.54) is 10.9 Å². The molecule has 0 aromatic carbocycles. The Kier molecular flexibility index (Phi) is 3.60. The lowest BCUT2D eigenvalue weighted by atomic mass is 10.1. The Balaban J connectivity index is 1.99. The van der Waals surface area contributed by atoms with E-state index in [0.29, 0.717) is 0 Å². The zero-order valence-electron chi connectivity index (χ0n) is 11.6. The molecule has 1 amide bonds. The Hall–Kier alpha value is -2.41. The van der Waals surface area contributed by atoms with Crippen molar-refractivity contribution in [1.29, 1.82) is 0 Å². The molecule has 13 heteroatoms. The van der Waals surface area contributed by atoms with Gasteiger partial charge in [0.25, 0.3) is 5.91 Å². The molecular formula is C10H14N8O5. The Bertz CT molecular complexity index is 687. The largest absolute Gasteiger partial charge is 0.394 e. The minimum atomic E-state index is -1.92. The van der Waals surface area contributed by atoms with Crippen molar-refractivity contribution in [2.24, 2.45) is 10.8 Å². The number of hydrogen-bond donors (Lipinski definition) is 6. The molecule has 0 bridgehead atoms. The van der Waals surface area contributed by atoms with E-state index in [1.807, 2.05) is 0 Å². The maximum atomic E-state index is 12.0. The molecule has 0 saturated carbocycles. The lowest BCUT2D eigenvalue weighted by molar-refractivity contribution is -0.0520. The lowest BCUT2D eigenvalue weighted by Crippen LogP contribution is -2.62. The van der Waals surface area contributed by atoms with Gasteiger partial charge in [-0.1, -0.05) is 0 Å². The molecule has 23 heavy (non-hydrogen) atoms. The lowest BCUT2D eigenvalue weighted by Gasteiger charge is -2.32. The van der Waals surface area contributed by atoms with Crippen LogP contribution < -0.4 is 16.4 Å². The number of ether oxygens (including phenoxy) is 1. The number of anilines is 1. The van der Waals surface area contributed by atoms with Crippen LogP contribution in [0.5, 0.6) is 0 Å². The molecule has 3 heterocycles. The second kappa shape index (κ2) is 5.34. The van der Waals surface area contributed by atoms with E-state index in [1.54, 1.807) is 0 Å². The van der Waals surface area contributed by atoms with Gasteiger partial charge in [-0.05, 0) is 10.6 Å². The molecule has 0 aliphatic carbocycles. The SMILES string of the molecule is [N-]=[N+]=NC1(N)NC(=O)c2ncn([C@@H]3O[C@H](CO)[C@@H](O)[C@H]3O)c2N1. The number of nitrogens with two attached hydrogens (primary N) is 1. The number of rotatable bonds is 3. The van der Waals surface area contributed by atoms with Crippen LogP contribution >= 0.6 is 0 Å². The van der Waals surface area contributed by atoms with E-state index in [4.69, 9.17) is 21.1 Å². The Morgan fingerprint density at radius 2 is 2.26 bits per heavy atom. The summed E-state index contributed by atoms with van der Waals surface area (Å²) in [4.78, 5) is 18.4. The summed E-state index contributed by atoms with van der Waals surface area (Å²) in [5.41, 5.74) is 14.2. The third kappa shape index (κ3) is 2.37. The van der Waals surface area contributed by atoms with Crippen molar-refractivity contribution in [1.82, 2.24) is 14.9 Å². The number of aliphatic hydroxyl groups excluding tert-OH is 3. The summed E-state index contributed by atoms with van der Waals surface area (Å²) in [6, 6.07) is 0. The number of imidazole rings is 1. The van der Waals surface area contributed by atoms with Gasteiger partial charge in [-0.3, -0.25) is 15.1 Å². The molecule has 1 aromatic rings. The van der Waals surface area contributed by atoms with Gasteiger partial charge in [0.1, 0.15) is 24.1 Å². The zero-order valence-corrected chi connectivity index (χ0v) is 11.6. The van der Waals surface area contributed by atoms with Crippen molar-refractivity contribution >= 4 is 11.7 Å². The molecule has 1 fully saturated rings. The molecule has 7 N–H and O–H groups in total. The van der Waals surface area contributed by atoms with Crippen molar-refractivity contribution in [3.05, 3.63) is 22.5 Å². The topological polar surface area (TPSA) is 204 Å². The highest BCUT2D eigenvalue weighted by Crippen LogP contribution is 2.34. The van der Waals surface area contributed by atoms with Crippen molar-refractivity contribution < 1.29 is 24.9 Å². The number of aromatic nitrogens is 2. The number of nitrogens with zero attached hydrogens (tertiary/aromatic N) is 5. The summed E-state index contributed by atoms with van der Waals surface area (Å²) in [7, 11) is 0. The van der Waals surface area contributed by atoms with E-state index in [-0.39, 0.29) is 11.5 Å². The minimum absolute atomic E-state index is 0.0403. The van der Waals surface area contributed by atoms with Gasteiger partial charge in [0.15, 0.2) is 11.9 Å². The normalized spacial score (nSPS) is 35.9. The van der Waals surface area contributed by atoms with Gasteiger partial charge < -0.3 is 30.7 Å². The number of amides is 1. The summed E-state index contributed by atoms with van der Waals surface area (Å²) in [6.45, 7) is -0.501. The molecular weight excluding hydrogens is 312 g/mol. The molecule has 2 aliphatic rings. The third-order valence-corrected chi connectivity index (χ3v) is 3.62. The summed E-state index contributed by atoms with van der Waals surface area (Å²) in [6.07, 6.45) is -3.61. The number of carbonyl (C=O) groups is 1. The quantitative estimate of drug-likeness (QED) is 0.199. The van der Waals surface area contributed by atoms with Crippen molar-refractivity contribution in [2.75, 3.05) is 11.9 Å². The predicted molar refractivity (Wildman–Crippen MR) is 72.4 cm³/mol. The molecule has 124 valence electrons. The third-order valence-electron chi connectivity index (χ3n) is 3.62. The smallest absolute Gasteiger partial charge is 0.276 e. The van der Waals surface area contributed by atoms with Gasteiger partial charge in [-0.25, -0.2) is 4.98 Å². The number of azide groups is 1. The average Bonchev–Trinajstić information content (AvgIpc) is 3.02. The van der Waals surface area contributed by atoms with E-state index < -0.39 is 43.0 Å². The number of aliphatic hydroxyl groups is 3. The first kappa shape index (κ1) is 15.5. The average molecular weight is 326 g/mol. The molecule has 13 nitrogen and oxygen atoms in total. The first-order chi connectivity index (χ1) is 10.9. The zero-order chi connectivity index (χ0) is 16.8.